The van der Waals surface area contributed by atoms with Gasteiger partial charge >= 0.3 is 0 Å². The first kappa shape index (κ1) is 13.2. The van der Waals surface area contributed by atoms with Crippen molar-refractivity contribution in [3.63, 3.8) is 0 Å². The van der Waals surface area contributed by atoms with Crippen LogP contribution in [0.3, 0.4) is 0 Å². The highest BCUT2D eigenvalue weighted by Gasteiger charge is 2.23. The van der Waals surface area contributed by atoms with Gasteiger partial charge in [-0.3, -0.25) is 9.69 Å². The summed E-state index contributed by atoms with van der Waals surface area (Å²) in [6.45, 7) is 1.47. The van der Waals surface area contributed by atoms with E-state index in [9.17, 15) is 4.79 Å². The van der Waals surface area contributed by atoms with Crippen molar-refractivity contribution < 1.29 is 4.79 Å². The summed E-state index contributed by atoms with van der Waals surface area (Å²) in [5, 5.41) is 2.09. The molecule has 1 fully saturated rings. The molecule has 0 N–H and O–H groups in total. The molecule has 0 aliphatic heterocycles. The van der Waals surface area contributed by atoms with E-state index in [1.165, 1.54) is 17.7 Å². The van der Waals surface area contributed by atoms with Crippen LogP contribution in [-0.4, -0.2) is 24.3 Å². The monoisotopic (exact) mass is 315 g/mol. The van der Waals surface area contributed by atoms with E-state index >= 15 is 0 Å². The molecule has 0 unspecified atom stereocenters. The number of ketones is 1. The molecule has 0 saturated heterocycles. The molecule has 1 heterocycles. The molecule has 2 rings (SSSR count). The van der Waals surface area contributed by atoms with Gasteiger partial charge < -0.3 is 0 Å². The molecule has 17 heavy (non-hydrogen) atoms. The minimum absolute atomic E-state index is 0.340. The van der Waals surface area contributed by atoms with E-state index in [1.807, 2.05) is 7.05 Å². The zero-order valence-corrected chi connectivity index (χ0v) is 12.5. The van der Waals surface area contributed by atoms with E-state index < -0.39 is 0 Å². The Morgan fingerprint density at radius 2 is 2.24 bits per heavy atom. The fraction of sp³-hybridized carbons (Fsp3) is 0.615. The first-order valence-electron chi connectivity index (χ1n) is 6.09. The second-order valence-electron chi connectivity index (χ2n) is 4.85. The Hall–Kier alpha value is -0.190. The summed E-state index contributed by atoms with van der Waals surface area (Å²) in [4.78, 5) is 15.4. The van der Waals surface area contributed by atoms with Crippen molar-refractivity contribution in [2.24, 2.45) is 5.92 Å². The predicted molar refractivity (Wildman–Crippen MR) is 75.3 cm³/mol. The fourth-order valence-corrected chi connectivity index (χ4v) is 3.93. The van der Waals surface area contributed by atoms with Gasteiger partial charge in [-0.1, -0.05) is 12.8 Å². The maximum atomic E-state index is 12.0. The Labute approximate surface area is 115 Å². The number of halogens is 1. The molecule has 1 aliphatic rings. The molecule has 94 valence electrons. The van der Waals surface area contributed by atoms with Gasteiger partial charge in [-0.05, 0) is 41.9 Å². The maximum Gasteiger partial charge on any atom is 0.149 e. The summed E-state index contributed by atoms with van der Waals surface area (Å²) < 4.78 is 1.13. The molecule has 1 saturated carbocycles. The number of hydrogen-bond donors (Lipinski definition) is 0. The van der Waals surface area contributed by atoms with Gasteiger partial charge in [0.2, 0.25) is 0 Å². The van der Waals surface area contributed by atoms with Gasteiger partial charge in [-0.2, -0.15) is 0 Å². The van der Waals surface area contributed by atoms with Crippen molar-refractivity contribution in [1.82, 2.24) is 4.90 Å². The van der Waals surface area contributed by atoms with Crippen molar-refractivity contribution >= 4 is 33.0 Å². The zero-order chi connectivity index (χ0) is 12.3. The van der Waals surface area contributed by atoms with Gasteiger partial charge in [-0.15, -0.1) is 11.3 Å². The summed E-state index contributed by atoms with van der Waals surface area (Å²) in [5.41, 5.74) is 0. The quantitative estimate of drug-likeness (QED) is 0.825. The normalized spacial score (nSPS) is 16.9. The van der Waals surface area contributed by atoms with Crippen LogP contribution in [0.25, 0.3) is 0 Å². The molecule has 4 heteroatoms. The Balaban J connectivity index is 1.80. The Bertz CT molecular complexity index is 385. The Morgan fingerprint density at radius 3 is 2.82 bits per heavy atom. The Morgan fingerprint density at radius 1 is 1.53 bits per heavy atom. The van der Waals surface area contributed by atoms with Crippen molar-refractivity contribution in [3.8, 4) is 0 Å². The molecule has 0 atom stereocenters. The van der Waals surface area contributed by atoms with E-state index in [0.717, 1.165) is 23.9 Å². The van der Waals surface area contributed by atoms with Gasteiger partial charge in [0.05, 0.1) is 6.54 Å². The summed E-state index contributed by atoms with van der Waals surface area (Å²) in [5.74, 6) is 0.771. The summed E-state index contributed by atoms with van der Waals surface area (Å²) in [6.07, 6.45) is 4.68. The van der Waals surface area contributed by atoms with Gasteiger partial charge in [0.1, 0.15) is 5.78 Å². The number of nitrogens with zero attached hydrogens (tertiary/aromatic N) is 1. The van der Waals surface area contributed by atoms with E-state index in [2.05, 4.69) is 32.3 Å². The smallest absolute Gasteiger partial charge is 0.149 e. The molecule has 2 nitrogen and oxygen atoms in total. The van der Waals surface area contributed by atoms with Crippen LogP contribution in [0.1, 0.15) is 30.6 Å². The highest BCUT2D eigenvalue weighted by atomic mass is 79.9. The second-order valence-corrected chi connectivity index (χ2v) is 6.76. The van der Waals surface area contributed by atoms with Gasteiger partial charge in [0, 0.05) is 27.2 Å². The second kappa shape index (κ2) is 6.12. The lowest BCUT2D eigenvalue weighted by Crippen LogP contribution is -2.28. The van der Waals surface area contributed by atoms with E-state index in [-0.39, 0.29) is 0 Å². The lowest BCUT2D eigenvalue weighted by molar-refractivity contribution is -0.123. The molecule has 0 spiro atoms. The molecule has 0 aromatic carbocycles. The number of likely N-dealkylation sites (N-methyl/N-ethyl adjacent to an activating group) is 1. The molecule has 1 aliphatic carbocycles. The third-order valence-corrected chi connectivity index (χ3v) is 4.97. The summed E-state index contributed by atoms with van der Waals surface area (Å²) in [7, 11) is 2.03. The highest BCUT2D eigenvalue weighted by Crippen LogP contribution is 2.26. The third-order valence-electron chi connectivity index (χ3n) is 3.28. The summed E-state index contributed by atoms with van der Waals surface area (Å²) in [6, 6.07) is 2.13. The predicted octanol–water partition coefficient (Wildman–Crippen LogP) is 3.70. The molecular weight excluding hydrogens is 298 g/mol. The molecular formula is C13H18BrNOS. The zero-order valence-electron chi connectivity index (χ0n) is 10.1. The highest BCUT2D eigenvalue weighted by molar-refractivity contribution is 9.10. The topological polar surface area (TPSA) is 20.3 Å². The van der Waals surface area contributed by atoms with E-state index in [0.29, 0.717) is 18.2 Å². The maximum absolute atomic E-state index is 12.0. The number of carbonyl (C=O) groups excluding carboxylic acids is 1. The minimum atomic E-state index is 0.340. The summed E-state index contributed by atoms with van der Waals surface area (Å²) >= 11 is 5.19. The standard InChI is InChI=1S/C13H18BrNOS/c1-15(7-12-6-11(14)9-17-12)8-13(16)10-4-2-3-5-10/h6,9-10H,2-5,7-8H2,1H3. The molecule has 0 radical (unpaired) electrons. The molecule has 0 amide bonds. The van der Waals surface area contributed by atoms with Crippen LogP contribution in [0, 0.1) is 5.92 Å². The SMILES string of the molecule is CN(CC(=O)C1CCCC1)Cc1cc(Br)cs1. The lowest BCUT2D eigenvalue weighted by Gasteiger charge is -2.17. The van der Waals surface area contributed by atoms with Crippen LogP contribution in [-0.2, 0) is 11.3 Å². The number of thiophene rings is 1. The first-order valence-corrected chi connectivity index (χ1v) is 7.76. The largest absolute Gasteiger partial charge is 0.298 e. The van der Waals surface area contributed by atoms with Gasteiger partial charge in [-0.25, -0.2) is 0 Å². The van der Waals surface area contributed by atoms with Crippen molar-refractivity contribution in [3.05, 3.63) is 20.8 Å². The average molecular weight is 316 g/mol. The molecule has 0 bridgehead atoms. The lowest BCUT2D eigenvalue weighted by atomic mass is 10.0. The van der Waals surface area contributed by atoms with Crippen LogP contribution >= 0.6 is 27.3 Å². The van der Waals surface area contributed by atoms with Gasteiger partial charge in [0.15, 0.2) is 0 Å². The van der Waals surface area contributed by atoms with Crippen molar-refractivity contribution in [2.45, 2.75) is 32.2 Å². The number of rotatable bonds is 5. The van der Waals surface area contributed by atoms with Crippen LogP contribution in [0.4, 0.5) is 0 Å². The van der Waals surface area contributed by atoms with Crippen LogP contribution in [0.15, 0.2) is 15.9 Å². The third kappa shape index (κ3) is 3.90. The van der Waals surface area contributed by atoms with Crippen molar-refractivity contribution in [2.75, 3.05) is 13.6 Å². The number of Topliss-reactive ketones (excluding diaryl/α,β-unsaturated/α-hetero) is 1. The first-order chi connectivity index (χ1) is 8.15. The average Bonchev–Trinajstić information content (AvgIpc) is 2.89. The molecule has 1 aromatic rings. The Kier molecular flexibility index (Phi) is 4.77. The fourth-order valence-electron chi connectivity index (χ4n) is 2.40. The van der Waals surface area contributed by atoms with Crippen molar-refractivity contribution in [1.29, 1.82) is 0 Å². The van der Waals surface area contributed by atoms with Gasteiger partial charge in [0.25, 0.3) is 0 Å². The van der Waals surface area contributed by atoms with Crippen LogP contribution in [0.5, 0.6) is 0 Å². The van der Waals surface area contributed by atoms with E-state index in [1.54, 1.807) is 11.3 Å². The molecule has 1 aromatic heterocycles. The number of carbonyl (C=O) groups is 1. The number of hydrogen-bond acceptors (Lipinski definition) is 3. The van der Waals surface area contributed by atoms with Crippen LogP contribution < -0.4 is 0 Å². The van der Waals surface area contributed by atoms with Crippen LogP contribution in [0.2, 0.25) is 0 Å². The minimum Gasteiger partial charge on any atom is -0.298 e. The van der Waals surface area contributed by atoms with E-state index in [4.69, 9.17) is 0 Å².